The lowest BCUT2D eigenvalue weighted by molar-refractivity contribution is -0.133. The molecule has 190 valence electrons. The molecular weight excluding hydrogens is 478 g/mol. The number of fused-ring (bicyclic) bond motifs is 6. The minimum absolute atomic E-state index is 0.255. The number of carbonyl (C=O) groups excluding carboxylic acids is 2. The van der Waals surface area contributed by atoms with Gasteiger partial charge in [0.15, 0.2) is 0 Å². The Morgan fingerprint density at radius 2 is 1.53 bits per heavy atom. The molecule has 3 aliphatic rings. The fraction of sp³-hybridized carbons (Fsp3) is 0.355. The first-order chi connectivity index (χ1) is 18.5. The zero-order chi connectivity index (χ0) is 26.3. The molecule has 0 saturated carbocycles. The summed E-state index contributed by atoms with van der Waals surface area (Å²) in [5.74, 6) is -1.81. The van der Waals surface area contributed by atoms with Crippen LogP contribution in [0.5, 0.6) is 0 Å². The number of imide groups is 1. The minimum Gasteiger partial charge on any atom is -0.377 e. The molecule has 1 unspecified atom stereocenters. The van der Waals surface area contributed by atoms with Gasteiger partial charge in [-0.15, -0.1) is 0 Å². The van der Waals surface area contributed by atoms with Crippen molar-refractivity contribution in [3.63, 3.8) is 0 Å². The topological polar surface area (TPSA) is 103 Å². The lowest BCUT2D eigenvalue weighted by Crippen LogP contribution is -2.43. The first kappa shape index (κ1) is 24.3. The summed E-state index contributed by atoms with van der Waals surface area (Å²) in [6.45, 7) is 0.856. The third-order valence-corrected chi connectivity index (χ3v) is 8.52. The van der Waals surface area contributed by atoms with Crippen LogP contribution in [0.25, 0.3) is 10.8 Å². The van der Waals surface area contributed by atoms with Gasteiger partial charge in [0.1, 0.15) is 0 Å². The first-order valence-electron chi connectivity index (χ1n) is 13.0. The molecule has 2 amide bonds. The molecule has 0 aliphatic carbocycles. The number of carbonyl (C=O) groups is 2. The minimum atomic E-state index is -0.830. The molecular formula is C31H27N3O4. The summed E-state index contributed by atoms with van der Waals surface area (Å²) in [6, 6.07) is 25.0. The average Bonchev–Trinajstić information content (AvgIpc) is 3.56. The molecule has 3 aliphatic heterocycles. The number of nitrogens with zero attached hydrogens (tertiary/aromatic N) is 3. The molecule has 0 N–H and O–H groups in total. The van der Waals surface area contributed by atoms with Crippen molar-refractivity contribution in [3.05, 3.63) is 77.9 Å². The van der Waals surface area contributed by atoms with Crippen molar-refractivity contribution in [2.24, 2.45) is 11.8 Å². The Labute approximate surface area is 221 Å². The smallest absolute Gasteiger partial charge is 0.240 e. The summed E-state index contributed by atoms with van der Waals surface area (Å²) in [5, 5.41) is 20.3. The number of anilines is 1. The fourth-order valence-electron chi connectivity index (χ4n) is 6.85. The van der Waals surface area contributed by atoms with Crippen LogP contribution in [0.3, 0.4) is 0 Å². The quantitative estimate of drug-likeness (QED) is 0.314. The van der Waals surface area contributed by atoms with Crippen LogP contribution >= 0.6 is 0 Å². The van der Waals surface area contributed by atoms with Crippen LogP contribution in [0.4, 0.5) is 5.69 Å². The van der Waals surface area contributed by atoms with Crippen LogP contribution in [0, 0.1) is 34.5 Å². The van der Waals surface area contributed by atoms with Crippen molar-refractivity contribution in [3.8, 4) is 12.1 Å². The van der Waals surface area contributed by atoms with E-state index in [1.165, 1.54) is 4.90 Å². The molecule has 3 aromatic carbocycles. The second-order valence-corrected chi connectivity index (χ2v) is 10.4. The van der Waals surface area contributed by atoms with Crippen LogP contribution in [-0.4, -0.2) is 29.6 Å². The van der Waals surface area contributed by atoms with Gasteiger partial charge in [0.05, 0.1) is 53.0 Å². The van der Waals surface area contributed by atoms with Gasteiger partial charge in [-0.25, -0.2) is 4.90 Å². The van der Waals surface area contributed by atoms with Crippen LogP contribution in [0.2, 0.25) is 0 Å². The Balaban J connectivity index is 1.33. The fourth-order valence-corrected chi connectivity index (χ4v) is 6.85. The third-order valence-electron chi connectivity index (χ3n) is 8.52. The number of ether oxygens (including phenoxy) is 2. The highest BCUT2D eigenvalue weighted by molar-refractivity contribution is 6.26. The van der Waals surface area contributed by atoms with E-state index < -0.39 is 23.0 Å². The van der Waals surface area contributed by atoms with E-state index in [0.717, 1.165) is 5.56 Å². The second-order valence-electron chi connectivity index (χ2n) is 10.4. The maximum absolute atomic E-state index is 14.1. The van der Waals surface area contributed by atoms with E-state index >= 15 is 0 Å². The zero-order valence-corrected chi connectivity index (χ0v) is 20.9. The van der Waals surface area contributed by atoms with Gasteiger partial charge in [0.2, 0.25) is 11.8 Å². The maximum atomic E-state index is 14.1. The van der Waals surface area contributed by atoms with E-state index in [1.54, 1.807) is 12.1 Å². The van der Waals surface area contributed by atoms with Crippen molar-refractivity contribution in [2.75, 3.05) is 11.5 Å². The molecule has 3 aromatic rings. The number of amides is 2. The predicted octanol–water partition coefficient (Wildman–Crippen LogP) is 5.03. The van der Waals surface area contributed by atoms with Crippen LogP contribution < -0.4 is 4.90 Å². The van der Waals surface area contributed by atoms with Crippen LogP contribution in [-0.2, 0) is 25.7 Å². The number of rotatable bonds is 8. The van der Waals surface area contributed by atoms with Crippen LogP contribution in [0.15, 0.2) is 66.7 Å². The molecule has 7 nitrogen and oxygen atoms in total. The Bertz CT molecular complexity index is 1510. The summed E-state index contributed by atoms with van der Waals surface area (Å²) < 4.78 is 12.6. The highest BCUT2D eigenvalue weighted by Gasteiger charge is 2.75. The molecule has 38 heavy (non-hydrogen) atoms. The molecule has 2 bridgehead atoms. The molecule has 3 heterocycles. The van der Waals surface area contributed by atoms with E-state index in [-0.39, 0.29) is 18.2 Å². The van der Waals surface area contributed by atoms with Gasteiger partial charge in [0, 0.05) is 30.2 Å². The van der Waals surface area contributed by atoms with Gasteiger partial charge < -0.3 is 9.47 Å². The van der Waals surface area contributed by atoms with Crippen LogP contribution in [0.1, 0.15) is 43.2 Å². The van der Waals surface area contributed by atoms with Gasteiger partial charge in [-0.05, 0) is 37.0 Å². The summed E-state index contributed by atoms with van der Waals surface area (Å²) in [6.07, 6.45) is 2.45. The molecule has 4 atom stereocenters. The van der Waals surface area contributed by atoms with E-state index in [9.17, 15) is 20.1 Å². The van der Waals surface area contributed by atoms with Gasteiger partial charge in [-0.2, -0.15) is 10.5 Å². The predicted molar refractivity (Wildman–Crippen MR) is 139 cm³/mol. The van der Waals surface area contributed by atoms with Crippen molar-refractivity contribution in [1.82, 2.24) is 0 Å². The number of nitriles is 2. The summed E-state index contributed by atoms with van der Waals surface area (Å²) in [7, 11) is 0. The third kappa shape index (κ3) is 3.62. The number of hydrogen-bond acceptors (Lipinski definition) is 6. The Morgan fingerprint density at radius 3 is 2.21 bits per heavy atom. The van der Waals surface area contributed by atoms with E-state index in [1.807, 2.05) is 54.6 Å². The standard InChI is InChI=1S/C31H27N3O4/c32-17-6-13-30-14-15-31(38-30,16-18-37-20-21-7-2-1-3-8-21)27-26(30)28(35)34(29(27)36)25-12-11-22(19-33)23-9-4-5-10-24(23)25/h1-5,7-12,26-27H,6,13-16,18,20H2/t26-,27+,30+,31?/m1/s1. The van der Waals surface area contributed by atoms with E-state index in [0.29, 0.717) is 60.9 Å². The molecule has 0 aromatic heterocycles. The zero-order valence-electron chi connectivity index (χ0n) is 20.9. The van der Waals surface area contributed by atoms with Crippen molar-refractivity contribution >= 4 is 28.3 Å². The van der Waals surface area contributed by atoms with Crippen molar-refractivity contribution < 1.29 is 19.1 Å². The van der Waals surface area contributed by atoms with Gasteiger partial charge in [-0.1, -0.05) is 54.6 Å². The van der Waals surface area contributed by atoms with E-state index in [2.05, 4.69) is 12.1 Å². The lowest BCUT2D eigenvalue weighted by Gasteiger charge is -2.31. The highest BCUT2D eigenvalue weighted by atomic mass is 16.5. The molecule has 0 radical (unpaired) electrons. The van der Waals surface area contributed by atoms with Crippen molar-refractivity contribution in [1.29, 1.82) is 10.5 Å². The largest absolute Gasteiger partial charge is 0.377 e. The molecule has 3 fully saturated rings. The SMILES string of the molecule is N#CCC[C@@]12CCC(CCOCc3ccccc3)(O1)[C@@H]1C(=O)N(c3ccc(C#N)c4ccccc34)C(=O)[C@@H]12. The Morgan fingerprint density at radius 1 is 0.868 bits per heavy atom. The maximum Gasteiger partial charge on any atom is 0.240 e. The molecule has 6 rings (SSSR count). The number of hydrogen-bond donors (Lipinski definition) is 0. The second kappa shape index (κ2) is 9.36. The van der Waals surface area contributed by atoms with Gasteiger partial charge >= 0.3 is 0 Å². The van der Waals surface area contributed by atoms with Gasteiger partial charge in [-0.3, -0.25) is 9.59 Å². The Kier molecular flexibility index (Phi) is 5.99. The van der Waals surface area contributed by atoms with E-state index in [4.69, 9.17) is 9.47 Å². The monoisotopic (exact) mass is 505 g/mol. The Hall–Kier alpha value is -4.04. The van der Waals surface area contributed by atoms with Gasteiger partial charge in [0.25, 0.3) is 0 Å². The highest BCUT2D eigenvalue weighted by Crippen LogP contribution is 2.64. The molecule has 0 spiro atoms. The molecule has 3 saturated heterocycles. The first-order valence-corrected chi connectivity index (χ1v) is 13.0. The average molecular weight is 506 g/mol. The normalized spacial score (nSPS) is 27.5. The molecule has 7 heteroatoms. The summed E-state index contributed by atoms with van der Waals surface area (Å²) in [5.41, 5.74) is 0.416. The van der Waals surface area contributed by atoms with Crippen molar-refractivity contribution in [2.45, 2.75) is 49.9 Å². The summed E-state index contributed by atoms with van der Waals surface area (Å²) in [4.78, 5) is 29.5. The lowest BCUT2D eigenvalue weighted by atomic mass is 9.65. The number of benzene rings is 3. The summed E-state index contributed by atoms with van der Waals surface area (Å²) >= 11 is 0.